The molecule has 0 aliphatic carbocycles. The second kappa shape index (κ2) is 4.49. The predicted octanol–water partition coefficient (Wildman–Crippen LogP) is 2.89. The molecule has 2 rings (SSSR count). The first-order valence-corrected chi connectivity index (χ1v) is 6.05. The Balaban J connectivity index is 2.34. The highest BCUT2D eigenvalue weighted by Gasteiger charge is 2.15. The highest BCUT2D eigenvalue weighted by atomic mass is 16.3. The number of benzene rings is 1. The van der Waals surface area contributed by atoms with Gasteiger partial charge in [0, 0.05) is 13.0 Å². The number of oxazole rings is 1. The Hall–Kier alpha value is -1.35. The van der Waals surface area contributed by atoms with Crippen LogP contribution in [0.3, 0.4) is 0 Å². The molecule has 0 bridgehead atoms. The van der Waals surface area contributed by atoms with Crippen LogP contribution in [-0.4, -0.2) is 18.6 Å². The van der Waals surface area contributed by atoms with Gasteiger partial charge in [0.15, 0.2) is 11.5 Å². The van der Waals surface area contributed by atoms with Gasteiger partial charge in [0.25, 0.3) is 0 Å². The summed E-state index contributed by atoms with van der Waals surface area (Å²) in [6.45, 7) is 7.50. The van der Waals surface area contributed by atoms with Gasteiger partial charge in [-0.2, -0.15) is 0 Å². The molecule has 0 unspecified atom stereocenters. The number of likely N-dealkylation sites (N-methyl/N-ethyl adjacent to an activating group) is 1. The van der Waals surface area contributed by atoms with Gasteiger partial charge in [-0.05, 0) is 30.2 Å². The molecule has 92 valence electrons. The summed E-state index contributed by atoms with van der Waals surface area (Å²) in [6, 6.07) is 6.27. The zero-order chi connectivity index (χ0) is 12.5. The standard InChI is InChI=1S/C14H20N2O/c1-14(2,3)10-5-6-12-11(9-10)16-13(17-12)7-8-15-4/h5-6,9,15H,7-8H2,1-4H3. The number of hydrogen-bond donors (Lipinski definition) is 1. The van der Waals surface area contributed by atoms with Crippen LogP contribution in [0, 0.1) is 0 Å². The van der Waals surface area contributed by atoms with E-state index in [1.165, 1.54) is 5.56 Å². The lowest BCUT2D eigenvalue weighted by Gasteiger charge is -2.18. The van der Waals surface area contributed by atoms with E-state index in [2.05, 4.69) is 43.2 Å². The van der Waals surface area contributed by atoms with Crippen molar-refractivity contribution in [2.24, 2.45) is 0 Å². The van der Waals surface area contributed by atoms with Gasteiger partial charge < -0.3 is 9.73 Å². The Labute approximate surface area is 102 Å². The number of hydrogen-bond acceptors (Lipinski definition) is 3. The van der Waals surface area contributed by atoms with Crippen LogP contribution < -0.4 is 5.32 Å². The summed E-state index contributed by atoms with van der Waals surface area (Å²) in [5.41, 5.74) is 3.28. The fourth-order valence-corrected chi connectivity index (χ4v) is 1.78. The van der Waals surface area contributed by atoms with Crippen LogP contribution in [-0.2, 0) is 11.8 Å². The molecular formula is C14H20N2O. The third-order valence-electron chi connectivity index (χ3n) is 2.89. The average Bonchev–Trinajstić information content (AvgIpc) is 2.66. The Morgan fingerprint density at radius 3 is 2.71 bits per heavy atom. The highest BCUT2D eigenvalue weighted by Crippen LogP contribution is 2.26. The van der Waals surface area contributed by atoms with Crippen molar-refractivity contribution < 1.29 is 4.42 Å². The molecule has 1 aromatic carbocycles. The molecule has 0 radical (unpaired) electrons. The van der Waals surface area contributed by atoms with E-state index in [1.54, 1.807) is 0 Å². The second-order valence-electron chi connectivity index (χ2n) is 5.39. The first kappa shape index (κ1) is 12.1. The molecular weight excluding hydrogens is 212 g/mol. The average molecular weight is 232 g/mol. The van der Waals surface area contributed by atoms with Crippen molar-refractivity contribution in [2.45, 2.75) is 32.6 Å². The molecule has 1 N–H and O–H groups in total. The zero-order valence-corrected chi connectivity index (χ0v) is 11.0. The Morgan fingerprint density at radius 2 is 2.06 bits per heavy atom. The van der Waals surface area contributed by atoms with Crippen molar-refractivity contribution in [3.63, 3.8) is 0 Å². The Bertz CT molecular complexity index is 508. The lowest BCUT2D eigenvalue weighted by Crippen LogP contribution is -2.10. The van der Waals surface area contributed by atoms with E-state index in [1.807, 2.05) is 13.1 Å². The maximum atomic E-state index is 5.69. The molecule has 0 saturated heterocycles. The van der Waals surface area contributed by atoms with Gasteiger partial charge in [-0.25, -0.2) is 4.98 Å². The van der Waals surface area contributed by atoms with E-state index < -0.39 is 0 Å². The molecule has 1 heterocycles. The minimum absolute atomic E-state index is 0.151. The second-order valence-corrected chi connectivity index (χ2v) is 5.39. The Morgan fingerprint density at radius 1 is 1.29 bits per heavy atom. The molecule has 2 aromatic rings. The van der Waals surface area contributed by atoms with Crippen LogP contribution in [0.15, 0.2) is 22.6 Å². The van der Waals surface area contributed by atoms with Crippen molar-refractivity contribution in [3.05, 3.63) is 29.7 Å². The number of nitrogens with zero attached hydrogens (tertiary/aromatic N) is 1. The minimum atomic E-state index is 0.151. The monoisotopic (exact) mass is 232 g/mol. The summed E-state index contributed by atoms with van der Waals surface area (Å²) in [5.74, 6) is 0.806. The van der Waals surface area contributed by atoms with Crippen LogP contribution in [0.5, 0.6) is 0 Å². The summed E-state index contributed by atoms with van der Waals surface area (Å²) in [7, 11) is 1.93. The largest absolute Gasteiger partial charge is 0.441 e. The van der Waals surface area contributed by atoms with Crippen LogP contribution in [0.1, 0.15) is 32.2 Å². The van der Waals surface area contributed by atoms with Crippen LogP contribution in [0.4, 0.5) is 0 Å². The molecule has 0 amide bonds. The van der Waals surface area contributed by atoms with Gasteiger partial charge in [-0.15, -0.1) is 0 Å². The minimum Gasteiger partial charge on any atom is -0.441 e. The molecule has 0 saturated carbocycles. The molecule has 17 heavy (non-hydrogen) atoms. The molecule has 0 fully saturated rings. The number of rotatable bonds is 3. The van der Waals surface area contributed by atoms with Gasteiger partial charge in [0.2, 0.25) is 0 Å². The lowest BCUT2D eigenvalue weighted by atomic mass is 9.87. The van der Waals surface area contributed by atoms with Crippen molar-refractivity contribution in [1.29, 1.82) is 0 Å². The molecule has 0 atom stereocenters. The smallest absolute Gasteiger partial charge is 0.196 e. The van der Waals surface area contributed by atoms with E-state index in [0.717, 1.165) is 30.0 Å². The summed E-state index contributed by atoms with van der Waals surface area (Å²) in [4.78, 5) is 4.52. The summed E-state index contributed by atoms with van der Waals surface area (Å²) in [5, 5.41) is 3.10. The van der Waals surface area contributed by atoms with Crippen molar-refractivity contribution >= 4 is 11.1 Å². The molecule has 0 spiro atoms. The lowest BCUT2D eigenvalue weighted by molar-refractivity contribution is 0.522. The normalized spacial score (nSPS) is 12.2. The maximum Gasteiger partial charge on any atom is 0.196 e. The van der Waals surface area contributed by atoms with E-state index in [0.29, 0.717) is 0 Å². The van der Waals surface area contributed by atoms with E-state index in [-0.39, 0.29) is 5.41 Å². The van der Waals surface area contributed by atoms with Crippen LogP contribution >= 0.6 is 0 Å². The summed E-state index contributed by atoms with van der Waals surface area (Å²) < 4.78 is 5.69. The highest BCUT2D eigenvalue weighted by molar-refractivity contribution is 5.73. The van der Waals surface area contributed by atoms with Crippen molar-refractivity contribution in [3.8, 4) is 0 Å². The SMILES string of the molecule is CNCCc1nc2cc(C(C)(C)C)ccc2o1. The fourth-order valence-electron chi connectivity index (χ4n) is 1.78. The van der Waals surface area contributed by atoms with Crippen LogP contribution in [0.25, 0.3) is 11.1 Å². The third kappa shape index (κ3) is 2.67. The first-order chi connectivity index (χ1) is 8.00. The maximum absolute atomic E-state index is 5.69. The van der Waals surface area contributed by atoms with E-state index in [9.17, 15) is 0 Å². The molecule has 1 aromatic heterocycles. The summed E-state index contributed by atoms with van der Waals surface area (Å²) >= 11 is 0. The molecule has 0 aliphatic heterocycles. The molecule has 0 aliphatic rings. The van der Waals surface area contributed by atoms with Gasteiger partial charge in [-0.1, -0.05) is 26.8 Å². The summed E-state index contributed by atoms with van der Waals surface area (Å²) in [6.07, 6.45) is 0.829. The quantitative estimate of drug-likeness (QED) is 0.884. The van der Waals surface area contributed by atoms with Gasteiger partial charge in [0.1, 0.15) is 5.52 Å². The van der Waals surface area contributed by atoms with E-state index >= 15 is 0 Å². The van der Waals surface area contributed by atoms with E-state index in [4.69, 9.17) is 4.42 Å². The third-order valence-corrected chi connectivity index (χ3v) is 2.89. The fraction of sp³-hybridized carbons (Fsp3) is 0.500. The molecule has 3 nitrogen and oxygen atoms in total. The van der Waals surface area contributed by atoms with Crippen LogP contribution in [0.2, 0.25) is 0 Å². The topological polar surface area (TPSA) is 38.1 Å². The Kier molecular flexibility index (Phi) is 3.20. The zero-order valence-electron chi connectivity index (χ0n) is 11.0. The van der Waals surface area contributed by atoms with Gasteiger partial charge in [-0.3, -0.25) is 0 Å². The molecule has 3 heteroatoms. The van der Waals surface area contributed by atoms with Crippen molar-refractivity contribution in [2.75, 3.05) is 13.6 Å². The van der Waals surface area contributed by atoms with Crippen molar-refractivity contribution in [1.82, 2.24) is 10.3 Å². The van der Waals surface area contributed by atoms with Gasteiger partial charge >= 0.3 is 0 Å². The predicted molar refractivity (Wildman–Crippen MR) is 70.3 cm³/mol. The van der Waals surface area contributed by atoms with Gasteiger partial charge in [0.05, 0.1) is 0 Å². The number of aromatic nitrogens is 1. The first-order valence-electron chi connectivity index (χ1n) is 6.05. The number of fused-ring (bicyclic) bond motifs is 1. The number of nitrogens with one attached hydrogen (secondary N) is 1.